The minimum absolute atomic E-state index is 0.00814. The van der Waals surface area contributed by atoms with Crippen LogP contribution in [-0.4, -0.2) is 31.2 Å². The number of phenols is 1. The molecule has 40 heavy (non-hydrogen) atoms. The Hall–Kier alpha value is -2.81. The molecule has 3 aromatic carbocycles. The Labute approximate surface area is 240 Å². The van der Waals surface area contributed by atoms with Gasteiger partial charge in [-0.2, -0.15) is 5.11 Å². The predicted molar refractivity (Wildman–Crippen MR) is 163 cm³/mol. The van der Waals surface area contributed by atoms with E-state index in [0.717, 1.165) is 10.8 Å². The van der Waals surface area contributed by atoms with Crippen LogP contribution >= 0.6 is 0 Å². The summed E-state index contributed by atoms with van der Waals surface area (Å²) in [5, 5.41) is 22.2. The first-order valence-corrected chi connectivity index (χ1v) is 16.3. The molecule has 220 valence electrons. The Kier molecular flexibility index (Phi) is 16.1. The molecule has 0 saturated heterocycles. The number of azo groups is 1. The molecule has 0 spiro atoms. The Morgan fingerprint density at radius 1 is 0.700 bits per heavy atom. The zero-order valence-corrected chi connectivity index (χ0v) is 25.0. The molecular formula is C32H47N3O4S. The molecule has 0 aromatic heterocycles. The zero-order valence-electron chi connectivity index (χ0n) is 24.2. The first-order valence-electron chi connectivity index (χ1n) is 14.9. The zero-order chi connectivity index (χ0) is 29.1. The standard InChI is InChI=1S/C16H12N2O4S.C16H35N/c19-15-10-5-11-3-1-2-4-14(11)16(15)18-17-12-6-8-13(9-7-12)23(20,21)22;1-3-5-7-9-11-13-15-17-16-14-12-10-8-6-4-2/h1-10,19H,(H,20,21,22);17H,3-16H2,1-2H3. The van der Waals surface area contributed by atoms with Gasteiger partial charge in [-0.1, -0.05) is 95.5 Å². The van der Waals surface area contributed by atoms with E-state index >= 15 is 0 Å². The fraction of sp³-hybridized carbons (Fsp3) is 0.500. The highest BCUT2D eigenvalue weighted by Crippen LogP contribution is 2.36. The molecule has 0 aliphatic carbocycles. The highest BCUT2D eigenvalue weighted by Gasteiger charge is 2.06. The number of nitrogens with zero attached hydrogens (tertiary/aromatic N) is 2. The van der Waals surface area contributed by atoms with Gasteiger partial charge in [0.1, 0.15) is 21.6 Å². The summed E-state index contributed by atoms with van der Waals surface area (Å²) in [6.45, 7) is 7.30. The van der Waals surface area contributed by atoms with Gasteiger partial charge in [0, 0.05) is 5.39 Å². The largest absolute Gasteiger partial charge is 0.744 e. The molecular weight excluding hydrogens is 522 g/mol. The third-order valence-corrected chi connectivity index (χ3v) is 7.64. The van der Waals surface area contributed by atoms with Crippen LogP contribution in [0.3, 0.4) is 0 Å². The van der Waals surface area contributed by atoms with E-state index in [1.165, 1.54) is 120 Å². The van der Waals surface area contributed by atoms with Gasteiger partial charge in [-0.15, -0.1) is 5.11 Å². The number of benzene rings is 3. The van der Waals surface area contributed by atoms with Gasteiger partial charge in [-0.25, -0.2) is 8.42 Å². The van der Waals surface area contributed by atoms with Crippen molar-refractivity contribution in [1.29, 1.82) is 0 Å². The average Bonchev–Trinajstić information content (AvgIpc) is 2.95. The quantitative estimate of drug-likeness (QED) is 0.0968. The minimum atomic E-state index is -4.48. The van der Waals surface area contributed by atoms with Crippen LogP contribution in [0.25, 0.3) is 10.8 Å². The van der Waals surface area contributed by atoms with E-state index in [1.54, 1.807) is 6.07 Å². The molecule has 0 saturated carbocycles. The number of rotatable bonds is 17. The van der Waals surface area contributed by atoms with Crippen molar-refractivity contribution in [2.45, 2.75) is 95.8 Å². The number of unbranched alkanes of at least 4 members (excludes halogenated alkanes) is 10. The van der Waals surface area contributed by atoms with Crippen LogP contribution in [0.1, 0.15) is 90.9 Å². The molecule has 0 fully saturated rings. The fourth-order valence-electron chi connectivity index (χ4n) is 4.42. The Morgan fingerprint density at radius 3 is 1.82 bits per heavy atom. The van der Waals surface area contributed by atoms with Gasteiger partial charge in [0.15, 0.2) is 0 Å². The molecule has 0 heterocycles. The van der Waals surface area contributed by atoms with Crippen LogP contribution in [0.5, 0.6) is 5.75 Å². The Morgan fingerprint density at radius 2 is 1.25 bits per heavy atom. The molecule has 0 radical (unpaired) electrons. The summed E-state index contributed by atoms with van der Waals surface area (Å²) < 4.78 is 32.6. The number of aromatic hydroxyl groups is 1. The third-order valence-electron chi connectivity index (χ3n) is 6.79. The number of phenolic OH excluding ortho intramolecular Hbond substituents is 1. The van der Waals surface area contributed by atoms with Crippen LogP contribution in [0.2, 0.25) is 0 Å². The summed E-state index contributed by atoms with van der Waals surface area (Å²) in [4.78, 5) is -0.329. The van der Waals surface area contributed by atoms with E-state index in [-0.39, 0.29) is 10.6 Å². The molecule has 0 aliphatic heterocycles. The second kappa shape index (κ2) is 19.3. The van der Waals surface area contributed by atoms with E-state index in [2.05, 4.69) is 29.4 Å². The van der Waals surface area contributed by atoms with Crippen LogP contribution in [0.15, 0.2) is 75.8 Å². The smallest absolute Gasteiger partial charge is 0.143 e. The van der Waals surface area contributed by atoms with Gasteiger partial charge in [-0.05, 0) is 61.4 Å². The maximum atomic E-state index is 10.9. The molecule has 0 amide bonds. The van der Waals surface area contributed by atoms with Crippen molar-refractivity contribution in [2.24, 2.45) is 10.2 Å². The first kappa shape index (κ1) is 33.4. The third kappa shape index (κ3) is 13.0. The van der Waals surface area contributed by atoms with E-state index < -0.39 is 10.1 Å². The van der Waals surface area contributed by atoms with Gasteiger partial charge in [0.25, 0.3) is 0 Å². The highest BCUT2D eigenvalue weighted by molar-refractivity contribution is 7.85. The monoisotopic (exact) mass is 569 g/mol. The summed E-state index contributed by atoms with van der Waals surface area (Å²) in [7, 11) is -4.48. The van der Waals surface area contributed by atoms with Gasteiger partial charge in [0.2, 0.25) is 0 Å². The number of nitrogens with two attached hydrogens (primary N) is 1. The summed E-state index contributed by atoms with van der Waals surface area (Å²) in [5.74, 6) is -0.00814. The van der Waals surface area contributed by atoms with E-state index in [1.807, 2.05) is 24.3 Å². The van der Waals surface area contributed by atoms with Crippen LogP contribution < -0.4 is 5.32 Å². The highest BCUT2D eigenvalue weighted by atomic mass is 32.2. The van der Waals surface area contributed by atoms with Gasteiger partial charge >= 0.3 is 0 Å². The number of quaternary nitrogens is 1. The lowest BCUT2D eigenvalue weighted by Crippen LogP contribution is -2.84. The van der Waals surface area contributed by atoms with E-state index in [0.29, 0.717) is 11.4 Å². The van der Waals surface area contributed by atoms with Crippen LogP contribution in [-0.2, 0) is 10.1 Å². The average molecular weight is 570 g/mol. The lowest BCUT2D eigenvalue weighted by atomic mass is 10.1. The van der Waals surface area contributed by atoms with Crippen molar-refractivity contribution in [1.82, 2.24) is 0 Å². The maximum Gasteiger partial charge on any atom is 0.143 e. The second-order valence-electron chi connectivity index (χ2n) is 10.2. The summed E-state index contributed by atoms with van der Waals surface area (Å²) >= 11 is 0. The van der Waals surface area contributed by atoms with Gasteiger partial charge in [0.05, 0.1) is 23.7 Å². The number of hydrogen-bond acceptors (Lipinski definition) is 6. The van der Waals surface area contributed by atoms with E-state index in [4.69, 9.17) is 0 Å². The van der Waals surface area contributed by atoms with Crippen molar-refractivity contribution in [3.05, 3.63) is 60.7 Å². The lowest BCUT2D eigenvalue weighted by molar-refractivity contribution is -0.655. The van der Waals surface area contributed by atoms with Crippen molar-refractivity contribution >= 4 is 32.3 Å². The number of fused-ring (bicyclic) bond motifs is 1. The number of hydrogen-bond donors (Lipinski definition) is 2. The molecule has 8 heteroatoms. The molecule has 7 nitrogen and oxygen atoms in total. The molecule has 3 aromatic rings. The molecule has 0 unspecified atom stereocenters. The van der Waals surface area contributed by atoms with Crippen molar-refractivity contribution in [2.75, 3.05) is 13.1 Å². The normalized spacial score (nSPS) is 11.6. The molecule has 3 rings (SSSR count). The molecule has 0 bridgehead atoms. The van der Waals surface area contributed by atoms with Gasteiger partial charge in [-0.3, -0.25) is 0 Å². The Balaban J connectivity index is 0.000000296. The lowest BCUT2D eigenvalue weighted by Gasteiger charge is -2.06. The minimum Gasteiger partial charge on any atom is -0.744 e. The predicted octanol–water partition coefficient (Wildman–Crippen LogP) is 8.14. The van der Waals surface area contributed by atoms with E-state index in [9.17, 15) is 18.1 Å². The van der Waals surface area contributed by atoms with Crippen molar-refractivity contribution < 1.29 is 23.4 Å². The van der Waals surface area contributed by atoms with Crippen LogP contribution in [0, 0.1) is 0 Å². The second-order valence-corrected chi connectivity index (χ2v) is 11.6. The summed E-state index contributed by atoms with van der Waals surface area (Å²) in [6, 6.07) is 15.8. The first-order chi connectivity index (χ1) is 19.4. The van der Waals surface area contributed by atoms with Crippen molar-refractivity contribution in [3.8, 4) is 5.75 Å². The maximum absolute atomic E-state index is 10.9. The van der Waals surface area contributed by atoms with Crippen LogP contribution in [0.4, 0.5) is 11.4 Å². The molecule has 0 atom stereocenters. The van der Waals surface area contributed by atoms with Gasteiger partial charge < -0.3 is 15.0 Å². The summed E-state index contributed by atoms with van der Waals surface area (Å²) in [5.41, 5.74) is 0.688. The Bertz CT molecular complexity index is 1230. The molecule has 0 aliphatic rings. The fourth-order valence-corrected chi connectivity index (χ4v) is 4.89. The SMILES string of the molecule is CCCCCCCC[NH2+]CCCCCCCC.O=S(=O)([O-])c1ccc(N=Nc2c(O)ccc3ccccc23)cc1. The van der Waals surface area contributed by atoms with Crippen molar-refractivity contribution in [3.63, 3.8) is 0 Å². The molecule has 3 N–H and O–H groups in total. The summed E-state index contributed by atoms with van der Waals surface area (Å²) in [6.07, 6.45) is 17.2. The topological polar surface area (TPSA) is 119 Å².